The van der Waals surface area contributed by atoms with E-state index in [0.29, 0.717) is 11.4 Å². The number of carbonyl (C=O) groups excluding carboxylic acids is 1. The van der Waals surface area contributed by atoms with E-state index in [1.54, 1.807) is 0 Å². The summed E-state index contributed by atoms with van der Waals surface area (Å²) in [5, 5.41) is 8.05. The van der Waals surface area contributed by atoms with Gasteiger partial charge in [0, 0.05) is 54.4 Å². The Morgan fingerprint density at radius 2 is 1.63 bits per heavy atom. The first kappa shape index (κ1) is 18.6. The molecule has 2 aliphatic heterocycles. The normalized spacial score (nSPS) is 23.9. The first-order valence-corrected chi connectivity index (χ1v) is 9.90. The van der Waals surface area contributed by atoms with Gasteiger partial charge in [-0.3, -0.25) is 15.0 Å². The van der Waals surface area contributed by atoms with Gasteiger partial charge in [0.2, 0.25) is 5.91 Å². The molecule has 2 unspecified atom stereocenters. The molecule has 0 radical (unpaired) electrons. The third kappa shape index (κ3) is 4.22. The fourth-order valence-corrected chi connectivity index (χ4v) is 4.13. The lowest BCUT2D eigenvalue weighted by Gasteiger charge is -2.43. The smallest absolute Gasteiger partial charge is 0.224 e. The van der Waals surface area contributed by atoms with Gasteiger partial charge in [0.05, 0.1) is 0 Å². The van der Waals surface area contributed by atoms with Crippen molar-refractivity contribution in [2.75, 3.05) is 31.1 Å². The molecular weight excluding hydrogens is 383 g/mol. The van der Waals surface area contributed by atoms with E-state index >= 15 is 0 Å². The quantitative estimate of drug-likeness (QED) is 0.823. The van der Waals surface area contributed by atoms with Crippen LogP contribution in [0.4, 0.5) is 5.69 Å². The van der Waals surface area contributed by atoms with Crippen LogP contribution in [0.2, 0.25) is 10.0 Å². The van der Waals surface area contributed by atoms with Gasteiger partial charge in [0.1, 0.15) is 6.29 Å². The summed E-state index contributed by atoms with van der Waals surface area (Å²) in [5.41, 5.74) is 2.15. The Hall–Kier alpha value is -1.79. The summed E-state index contributed by atoms with van der Waals surface area (Å²) < 4.78 is 0. The number of nitrogens with one attached hydrogen (secondary N) is 2. The average molecular weight is 405 g/mol. The van der Waals surface area contributed by atoms with Crippen molar-refractivity contribution in [3.63, 3.8) is 0 Å². The van der Waals surface area contributed by atoms with E-state index in [-0.39, 0.29) is 18.2 Å². The highest BCUT2D eigenvalue weighted by Gasteiger charge is 2.32. The molecule has 1 amide bonds. The topological polar surface area (TPSA) is 47.6 Å². The van der Waals surface area contributed by atoms with Crippen molar-refractivity contribution in [2.45, 2.75) is 18.8 Å². The number of rotatable bonds is 3. The zero-order valence-corrected chi connectivity index (χ0v) is 16.4. The van der Waals surface area contributed by atoms with Crippen LogP contribution in [0.15, 0.2) is 48.5 Å². The van der Waals surface area contributed by atoms with E-state index in [1.165, 1.54) is 5.69 Å². The lowest BCUT2D eigenvalue weighted by Crippen LogP contribution is -2.64. The summed E-state index contributed by atoms with van der Waals surface area (Å²) in [7, 11) is 0. The molecule has 0 aliphatic carbocycles. The molecule has 0 bridgehead atoms. The number of piperazine rings is 1. The molecule has 27 heavy (non-hydrogen) atoms. The van der Waals surface area contributed by atoms with Crippen LogP contribution in [-0.4, -0.2) is 43.3 Å². The summed E-state index contributed by atoms with van der Waals surface area (Å²) in [6, 6.07) is 15.6. The SMILES string of the molecule is O=C1CC(c2ccccc2Cl)NC(N2CCN(c3ccc(Cl)cc3)CC2)N1. The molecule has 4 rings (SSSR count). The van der Waals surface area contributed by atoms with Crippen LogP contribution in [0, 0.1) is 0 Å². The van der Waals surface area contributed by atoms with Crippen molar-refractivity contribution in [2.24, 2.45) is 0 Å². The molecule has 0 spiro atoms. The van der Waals surface area contributed by atoms with Gasteiger partial charge in [-0.1, -0.05) is 41.4 Å². The molecule has 2 saturated heterocycles. The van der Waals surface area contributed by atoms with Crippen molar-refractivity contribution in [3.05, 3.63) is 64.1 Å². The van der Waals surface area contributed by atoms with Crippen LogP contribution in [-0.2, 0) is 4.79 Å². The third-order valence-electron chi connectivity index (χ3n) is 5.20. The predicted molar refractivity (Wildman–Crippen MR) is 109 cm³/mol. The van der Waals surface area contributed by atoms with Crippen LogP contribution in [0.1, 0.15) is 18.0 Å². The van der Waals surface area contributed by atoms with Gasteiger partial charge in [-0.05, 0) is 35.9 Å². The minimum absolute atomic E-state index is 0.0452. The summed E-state index contributed by atoms with van der Waals surface area (Å²) in [6.45, 7) is 3.50. The maximum atomic E-state index is 12.3. The molecular formula is C20H22Cl2N4O. The van der Waals surface area contributed by atoms with E-state index in [4.69, 9.17) is 23.2 Å². The number of nitrogens with zero attached hydrogens (tertiary/aromatic N) is 2. The van der Waals surface area contributed by atoms with Gasteiger partial charge < -0.3 is 10.2 Å². The minimum atomic E-state index is -0.181. The summed E-state index contributed by atoms with van der Waals surface area (Å²) in [4.78, 5) is 16.9. The molecule has 2 heterocycles. The number of benzene rings is 2. The van der Waals surface area contributed by atoms with E-state index in [1.807, 2.05) is 48.5 Å². The summed E-state index contributed by atoms with van der Waals surface area (Å²) >= 11 is 12.3. The Balaban J connectivity index is 1.41. The molecule has 0 aromatic heterocycles. The Morgan fingerprint density at radius 3 is 2.33 bits per heavy atom. The molecule has 0 saturated carbocycles. The second-order valence-electron chi connectivity index (χ2n) is 6.91. The Labute approximate surface area is 169 Å². The molecule has 7 heteroatoms. The van der Waals surface area contributed by atoms with Crippen molar-refractivity contribution < 1.29 is 4.79 Å². The molecule has 142 valence electrons. The van der Waals surface area contributed by atoms with E-state index in [9.17, 15) is 4.79 Å². The summed E-state index contributed by atoms with van der Waals surface area (Å²) in [6.07, 6.45) is 0.213. The fourth-order valence-electron chi connectivity index (χ4n) is 3.73. The van der Waals surface area contributed by atoms with Gasteiger partial charge in [0.25, 0.3) is 0 Å². The van der Waals surface area contributed by atoms with E-state index < -0.39 is 0 Å². The van der Waals surface area contributed by atoms with Gasteiger partial charge in [0.15, 0.2) is 0 Å². The van der Waals surface area contributed by atoms with Crippen LogP contribution in [0.5, 0.6) is 0 Å². The molecule has 2 fully saturated rings. The van der Waals surface area contributed by atoms with Crippen molar-refractivity contribution in [1.29, 1.82) is 0 Å². The number of hydrogen-bond acceptors (Lipinski definition) is 4. The lowest BCUT2D eigenvalue weighted by atomic mass is 10.0. The first-order valence-electron chi connectivity index (χ1n) is 9.14. The van der Waals surface area contributed by atoms with Crippen molar-refractivity contribution in [3.8, 4) is 0 Å². The molecule has 5 nitrogen and oxygen atoms in total. The minimum Gasteiger partial charge on any atom is -0.369 e. The maximum absolute atomic E-state index is 12.3. The number of amides is 1. The lowest BCUT2D eigenvalue weighted by molar-refractivity contribution is -0.127. The van der Waals surface area contributed by atoms with Gasteiger partial charge >= 0.3 is 0 Å². The van der Waals surface area contributed by atoms with Gasteiger partial charge in [-0.25, -0.2) is 0 Å². The highest BCUT2D eigenvalue weighted by Crippen LogP contribution is 2.28. The van der Waals surface area contributed by atoms with Crippen LogP contribution in [0.25, 0.3) is 0 Å². The van der Waals surface area contributed by atoms with Crippen molar-refractivity contribution in [1.82, 2.24) is 15.5 Å². The number of anilines is 1. The van der Waals surface area contributed by atoms with Crippen LogP contribution in [0.3, 0.4) is 0 Å². The molecule has 2 aromatic rings. The molecule has 2 aliphatic rings. The maximum Gasteiger partial charge on any atom is 0.224 e. The standard InChI is InChI=1S/C20H22Cl2N4O/c21-14-5-7-15(8-6-14)25-9-11-26(12-10-25)20-23-18(13-19(27)24-20)16-3-1-2-4-17(16)22/h1-8,18,20,23H,9-13H2,(H,24,27). The zero-order chi connectivity index (χ0) is 18.8. The summed E-state index contributed by atoms with van der Waals surface area (Å²) in [5.74, 6) is 0.0452. The highest BCUT2D eigenvalue weighted by molar-refractivity contribution is 6.31. The Kier molecular flexibility index (Phi) is 5.55. The Bertz CT molecular complexity index is 806. The average Bonchev–Trinajstić information content (AvgIpc) is 2.69. The largest absolute Gasteiger partial charge is 0.369 e. The monoisotopic (exact) mass is 404 g/mol. The molecule has 2 atom stereocenters. The van der Waals surface area contributed by atoms with Crippen LogP contribution >= 0.6 is 23.2 Å². The third-order valence-corrected chi connectivity index (χ3v) is 5.79. The second-order valence-corrected chi connectivity index (χ2v) is 7.76. The second kappa shape index (κ2) is 8.07. The number of carbonyl (C=O) groups is 1. The molecule has 2 N–H and O–H groups in total. The van der Waals surface area contributed by atoms with Crippen molar-refractivity contribution >= 4 is 34.8 Å². The molecule has 2 aromatic carbocycles. The zero-order valence-electron chi connectivity index (χ0n) is 14.9. The van der Waals surface area contributed by atoms with Crippen LogP contribution < -0.4 is 15.5 Å². The highest BCUT2D eigenvalue weighted by atomic mass is 35.5. The fraction of sp³-hybridized carbons (Fsp3) is 0.350. The first-order chi connectivity index (χ1) is 13.1. The van der Waals surface area contributed by atoms with Gasteiger partial charge in [-0.2, -0.15) is 0 Å². The van der Waals surface area contributed by atoms with E-state index in [0.717, 1.165) is 36.8 Å². The predicted octanol–water partition coefficient (Wildman–Crippen LogP) is 3.25. The number of hydrogen-bond donors (Lipinski definition) is 2. The van der Waals surface area contributed by atoms with E-state index in [2.05, 4.69) is 20.4 Å². The van der Waals surface area contributed by atoms with Gasteiger partial charge in [-0.15, -0.1) is 0 Å². The number of halogens is 2. The Morgan fingerprint density at radius 1 is 0.926 bits per heavy atom.